The smallest absolute Gasteiger partial charge is 0.0972 e. The van der Waals surface area contributed by atoms with Crippen LogP contribution in [0, 0.1) is 0 Å². The molecule has 0 bridgehead atoms. The predicted octanol–water partition coefficient (Wildman–Crippen LogP) is 12.2. The lowest BCUT2D eigenvalue weighted by atomic mass is 9.92. The Labute approximate surface area is 300 Å². The van der Waals surface area contributed by atoms with Crippen LogP contribution in [0.5, 0.6) is 0 Å². The predicted molar refractivity (Wildman–Crippen MR) is 215 cm³/mol. The van der Waals surface area contributed by atoms with Crippen molar-refractivity contribution >= 4 is 43.5 Å². The van der Waals surface area contributed by atoms with Gasteiger partial charge < -0.3 is 0 Å². The number of fused-ring (bicyclic) bond motifs is 6. The van der Waals surface area contributed by atoms with Gasteiger partial charge in [0.1, 0.15) is 0 Å². The molecule has 0 aliphatic rings. The molecule has 4 nitrogen and oxygen atoms in total. The van der Waals surface area contributed by atoms with Gasteiger partial charge in [-0.2, -0.15) is 0 Å². The molecule has 4 heterocycles. The molecule has 0 amide bonds. The van der Waals surface area contributed by atoms with E-state index >= 15 is 0 Å². The van der Waals surface area contributed by atoms with Crippen molar-refractivity contribution in [2.75, 3.05) is 0 Å². The van der Waals surface area contributed by atoms with Crippen LogP contribution >= 0.6 is 0 Å². The Hall–Kier alpha value is -7.04. The Bertz CT molecular complexity index is 2940. The van der Waals surface area contributed by atoms with E-state index in [1.54, 1.807) is 0 Å². The van der Waals surface area contributed by atoms with Crippen LogP contribution in [0.15, 0.2) is 182 Å². The van der Waals surface area contributed by atoms with E-state index in [1.165, 1.54) is 0 Å². The van der Waals surface area contributed by atoms with Crippen LogP contribution in [0.4, 0.5) is 0 Å². The maximum absolute atomic E-state index is 5.31. The van der Waals surface area contributed by atoms with E-state index in [0.29, 0.717) is 0 Å². The molecule has 242 valence electrons. The summed E-state index contributed by atoms with van der Waals surface area (Å²) in [5.41, 5.74) is 12.9. The van der Waals surface area contributed by atoms with Gasteiger partial charge in [0.15, 0.2) is 0 Å². The molecule has 0 unspecified atom stereocenters. The molecule has 0 spiro atoms. The quantitative estimate of drug-likeness (QED) is 0.172. The molecule has 0 N–H and O–H groups in total. The molecular weight excluding hydrogens is 633 g/mol. The summed E-state index contributed by atoms with van der Waals surface area (Å²) in [6, 6.07) is 61.3. The normalized spacial score (nSPS) is 11.5. The zero-order chi connectivity index (χ0) is 34.4. The fourth-order valence-corrected chi connectivity index (χ4v) is 7.34. The number of aromatic nitrogens is 4. The van der Waals surface area contributed by atoms with Crippen LogP contribution in [-0.2, 0) is 0 Å². The van der Waals surface area contributed by atoms with Crippen LogP contribution in [0.2, 0.25) is 0 Å². The van der Waals surface area contributed by atoms with E-state index in [4.69, 9.17) is 19.9 Å². The monoisotopic (exact) mass is 662 g/mol. The molecule has 4 heteroatoms. The summed E-state index contributed by atoms with van der Waals surface area (Å²) in [5, 5.41) is 5.39. The van der Waals surface area contributed by atoms with Gasteiger partial charge in [-0.15, -0.1) is 0 Å². The summed E-state index contributed by atoms with van der Waals surface area (Å²) in [5.74, 6) is 0. The Morgan fingerprint density at radius 1 is 0.346 bits per heavy atom. The van der Waals surface area contributed by atoms with Crippen LogP contribution < -0.4 is 0 Å². The average Bonchev–Trinajstić information content (AvgIpc) is 3.23. The van der Waals surface area contributed by atoms with Gasteiger partial charge in [0.25, 0.3) is 0 Å². The molecule has 0 saturated carbocycles. The number of pyridine rings is 4. The van der Waals surface area contributed by atoms with E-state index in [0.717, 1.165) is 99.6 Å². The first-order valence-electron chi connectivity index (χ1n) is 17.5. The van der Waals surface area contributed by atoms with E-state index < -0.39 is 0 Å². The molecule has 0 saturated heterocycles. The minimum Gasteiger partial charge on any atom is -0.255 e. The van der Waals surface area contributed by atoms with Gasteiger partial charge in [0.05, 0.1) is 39.3 Å². The number of nitrogens with zero attached hydrogens (tertiary/aromatic N) is 4. The minimum absolute atomic E-state index is 0.841. The Balaban J connectivity index is 1.19. The Morgan fingerprint density at radius 3 is 1.65 bits per heavy atom. The molecule has 4 aromatic heterocycles. The van der Waals surface area contributed by atoms with Crippen molar-refractivity contribution in [1.29, 1.82) is 0 Å². The van der Waals surface area contributed by atoms with Gasteiger partial charge in [0, 0.05) is 44.3 Å². The molecule has 6 aromatic carbocycles. The van der Waals surface area contributed by atoms with Gasteiger partial charge in [-0.05, 0) is 58.7 Å². The third-order valence-electron chi connectivity index (χ3n) is 9.90. The third-order valence-corrected chi connectivity index (χ3v) is 9.90. The summed E-state index contributed by atoms with van der Waals surface area (Å²) >= 11 is 0. The number of hydrogen-bond donors (Lipinski definition) is 0. The second-order valence-electron chi connectivity index (χ2n) is 13.1. The first-order valence-corrected chi connectivity index (χ1v) is 17.5. The highest BCUT2D eigenvalue weighted by molar-refractivity contribution is 6.17. The van der Waals surface area contributed by atoms with Crippen molar-refractivity contribution in [3.05, 3.63) is 182 Å². The minimum atomic E-state index is 0.841. The summed E-state index contributed by atoms with van der Waals surface area (Å²) in [4.78, 5) is 20.6. The maximum Gasteiger partial charge on any atom is 0.0972 e. The average molecular weight is 663 g/mol. The highest BCUT2D eigenvalue weighted by atomic mass is 14.8. The molecule has 52 heavy (non-hydrogen) atoms. The third kappa shape index (κ3) is 5.17. The molecule has 0 fully saturated rings. The lowest BCUT2D eigenvalue weighted by molar-refractivity contribution is 1.29. The summed E-state index contributed by atoms with van der Waals surface area (Å²) in [6.45, 7) is 0. The Kier molecular flexibility index (Phi) is 7.10. The number of rotatable bonds is 5. The highest BCUT2D eigenvalue weighted by Gasteiger charge is 2.17. The molecule has 0 aliphatic heterocycles. The van der Waals surface area contributed by atoms with E-state index in [-0.39, 0.29) is 0 Å². The lowest BCUT2D eigenvalue weighted by Gasteiger charge is -2.15. The fraction of sp³-hybridized carbons (Fsp3) is 0. The molecular formula is C48H30N4. The zero-order valence-electron chi connectivity index (χ0n) is 28.1. The van der Waals surface area contributed by atoms with Crippen molar-refractivity contribution in [3.63, 3.8) is 0 Å². The molecule has 0 aliphatic carbocycles. The van der Waals surface area contributed by atoms with Crippen molar-refractivity contribution in [3.8, 4) is 56.2 Å². The lowest BCUT2D eigenvalue weighted by Crippen LogP contribution is -1.95. The van der Waals surface area contributed by atoms with Gasteiger partial charge >= 0.3 is 0 Å². The van der Waals surface area contributed by atoms with Crippen LogP contribution in [0.1, 0.15) is 0 Å². The van der Waals surface area contributed by atoms with E-state index in [2.05, 4.69) is 152 Å². The molecule has 0 atom stereocenters. The maximum atomic E-state index is 5.31. The van der Waals surface area contributed by atoms with Crippen molar-refractivity contribution in [1.82, 2.24) is 19.9 Å². The first kappa shape index (κ1) is 29.8. The number of benzene rings is 6. The fourth-order valence-electron chi connectivity index (χ4n) is 7.34. The van der Waals surface area contributed by atoms with Gasteiger partial charge in [-0.1, -0.05) is 140 Å². The van der Waals surface area contributed by atoms with Crippen LogP contribution in [-0.4, -0.2) is 19.9 Å². The SMILES string of the molecule is c1ccc(-c2ccnc(-c3nc4ccc(-c5ccc6ccc7ccc(-c8ccccc8)nc7c6n5)cc4c4c(-c5ccccc5)cccc34)c2)cc1. The van der Waals surface area contributed by atoms with Crippen molar-refractivity contribution < 1.29 is 0 Å². The van der Waals surface area contributed by atoms with Crippen molar-refractivity contribution in [2.24, 2.45) is 0 Å². The molecule has 10 aromatic rings. The molecule has 10 rings (SSSR count). The van der Waals surface area contributed by atoms with Crippen molar-refractivity contribution in [2.45, 2.75) is 0 Å². The number of hydrogen-bond acceptors (Lipinski definition) is 4. The van der Waals surface area contributed by atoms with Gasteiger partial charge in [-0.25, -0.2) is 15.0 Å². The highest BCUT2D eigenvalue weighted by Crippen LogP contribution is 2.40. The van der Waals surface area contributed by atoms with Gasteiger partial charge in [0.2, 0.25) is 0 Å². The van der Waals surface area contributed by atoms with E-state index in [9.17, 15) is 0 Å². The largest absolute Gasteiger partial charge is 0.255 e. The zero-order valence-corrected chi connectivity index (χ0v) is 28.1. The van der Waals surface area contributed by atoms with E-state index in [1.807, 2.05) is 30.5 Å². The second kappa shape index (κ2) is 12.4. The summed E-state index contributed by atoms with van der Waals surface area (Å²) in [6.07, 6.45) is 1.88. The molecule has 0 radical (unpaired) electrons. The second-order valence-corrected chi connectivity index (χ2v) is 13.1. The Morgan fingerprint density at radius 2 is 0.962 bits per heavy atom. The standard InChI is InChI=1S/C48H30N4/c1-4-11-31(12-5-1)36-27-28-49-44(30-36)48-39-18-10-17-38(32-13-6-2-7-14-32)45(39)40-29-37(23-26-43(40)52-48)42-25-22-35-20-19-34-21-24-41(33-15-8-3-9-16-33)50-46(34)47(35)51-42/h1-30H. The van der Waals surface area contributed by atoms with Crippen LogP contribution in [0.3, 0.4) is 0 Å². The summed E-state index contributed by atoms with van der Waals surface area (Å²) in [7, 11) is 0. The van der Waals surface area contributed by atoms with Gasteiger partial charge in [-0.3, -0.25) is 4.98 Å². The summed E-state index contributed by atoms with van der Waals surface area (Å²) < 4.78 is 0. The topological polar surface area (TPSA) is 51.6 Å². The van der Waals surface area contributed by atoms with Crippen LogP contribution in [0.25, 0.3) is 99.6 Å². The first-order chi connectivity index (χ1) is 25.8.